The van der Waals surface area contributed by atoms with Crippen molar-refractivity contribution in [3.05, 3.63) is 41.9 Å². The van der Waals surface area contributed by atoms with E-state index in [-0.39, 0.29) is 17.2 Å². The van der Waals surface area contributed by atoms with E-state index < -0.39 is 5.91 Å². The number of hydrogen-bond acceptors (Lipinski definition) is 6. The van der Waals surface area contributed by atoms with E-state index >= 15 is 0 Å². The van der Waals surface area contributed by atoms with Crippen LogP contribution in [0.5, 0.6) is 11.5 Å². The molecule has 0 unspecified atom stereocenters. The molecule has 8 heteroatoms. The molecule has 1 aliphatic rings. The van der Waals surface area contributed by atoms with E-state index in [1.165, 1.54) is 20.5 Å². The lowest BCUT2D eigenvalue weighted by molar-refractivity contribution is 0.0942. The van der Waals surface area contributed by atoms with Gasteiger partial charge in [-0.3, -0.25) is 9.59 Å². The van der Waals surface area contributed by atoms with Crippen molar-refractivity contribution in [1.82, 2.24) is 10.6 Å². The lowest BCUT2D eigenvalue weighted by atomic mass is 10.0. The molecule has 1 fully saturated rings. The van der Waals surface area contributed by atoms with Gasteiger partial charge in [0.2, 0.25) is 0 Å². The maximum atomic E-state index is 12.6. The molecule has 0 bridgehead atoms. The summed E-state index contributed by atoms with van der Waals surface area (Å²) in [6.07, 6.45) is 1.41. The summed E-state index contributed by atoms with van der Waals surface area (Å²) >= 11 is 0. The van der Waals surface area contributed by atoms with Gasteiger partial charge in [-0.25, -0.2) is 0 Å². The Bertz CT molecular complexity index is 784. The summed E-state index contributed by atoms with van der Waals surface area (Å²) in [6, 6.07) is 6.26. The van der Waals surface area contributed by atoms with Gasteiger partial charge in [0.1, 0.15) is 0 Å². The fourth-order valence-corrected chi connectivity index (χ4v) is 2.59. The number of rotatable bonds is 7. The fraction of sp³-hybridized carbons (Fsp3) is 0.333. The molecule has 138 valence electrons. The number of carbonyl (C=O) groups is 2. The zero-order valence-corrected chi connectivity index (χ0v) is 14.6. The molecule has 3 N–H and O–H groups in total. The molecule has 0 spiro atoms. The van der Waals surface area contributed by atoms with Gasteiger partial charge >= 0.3 is 0 Å². The lowest BCUT2D eigenvalue weighted by Gasteiger charge is -2.27. The standard InChI is InChI=1S/C18H21N3O5/c1-24-15-6-12(17(22)20-10-11-8-19-9-11)13(7-16(15)25-2)21-18(23)14-4-3-5-26-14/h3-7,11,19H,8-10H2,1-2H3,(H,20,22)(H,21,23). The summed E-state index contributed by atoms with van der Waals surface area (Å²) < 4.78 is 15.6. The highest BCUT2D eigenvalue weighted by molar-refractivity contribution is 6.08. The van der Waals surface area contributed by atoms with Gasteiger partial charge in [-0.2, -0.15) is 0 Å². The normalized spacial score (nSPS) is 13.6. The number of anilines is 1. The third-order valence-electron chi connectivity index (χ3n) is 4.18. The molecule has 8 nitrogen and oxygen atoms in total. The summed E-state index contributed by atoms with van der Waals surface area (Å²) in [4.78, 5) is 25.0. The van der Waals surface area contributed by atoms with E-state index in [4.69, 9.17) is 13.9 Å². The van der Waals surface area contributed by atoms with E-state index in [2.05, 4.69) is 16.0 Å². The molecule has 1 aromatic carbocycles. The summed E-state index contributed by atoms with van der Waals surface area (Å²) in [5, 5.41) is 8.74. The summed E-state index contributed by atoms with van der Waals surface area (Å²) in [6.45, 7) is 2.33. The van der Waals surface area contributed by atoms with E-state index in [1.54, 1.807) is 24.3 Å². The number of amides is 2. The zero-order chi connectivity index (χ0) is 18.5. The SMILES string of the molecule is COc1cc(NC(=O)c2ccco2)c(C(=O)NCC2CNC2)cc1OC. The Labute approximate surface area is 150 Å². The van der Waals surface area contributed by atoms with E-state index in [0.717, 1.165) is 13.1 Å². The Morgan fingerprint density at radius 2 is 1.92 bits per heavy atom. The van der Waals surface area contributed by atoms with Crippen LogP contribution in [0.2, 0.25) is 0 Å². The van der Waals surface area contributed by atoms with Gasteiger partial charge in [0.05, 0.1) is 31.7 Å². The molecule has 1 aliphatic heterocycles. The zero-order valence-electron chi connectivity index (χ0n) is 14.6. The minimum atomic E-state index is -0.459. The van der Waals surface area contributed by atoms with Gasteiger partial charge in [-0.05, 0) is 18.2 Å². The van der Waals surface area contributed by atoms with Gasteiger partial charge in [0.25, 0.3) is 11.8 Å². The van der Waals surface area contributed by atoms with Crippen molar-refractivity contribution in [2.24, 2.45) is 5.92 Å². The molecule has 2 amide bonds. The van der Waals surface area contributed by atoms with Gasteiger partial charge < -0.3 is 29.8 Å². The van der Waals surface area contributed by atoms with Crippen molar-refractivity contribution in [2.45, 2.75) is 0 Å². The highest BCUT2D eigenvalue weighted by Gasteiger charge is 2.22. The highest BCUT2D eigenvalue weighted by atomic mass is 16.5. The van der Waals surface area contributed by atoms with Gasteiger partial charge in [-0.15, -0.1) is 0 Å². The maximum absolute atomic E-state index is 12.6. The largest absolute Gasteiger partial charge is 0.493 e. The molecular formula is C18H21N3O5. The van der Waals surface area contributed by atoms with Crippen LogP contribution < -0.4 is 25.4 Å². The van der Waals surface area contributed by atoms with Crippen molar-refractivity contribution in [3.8, 4) is 11.5 Å². The van der Waals surface area contributed by atoms with E-state index in [1.807, 2.05) is 0 Å². The fourth-order valence-electron chi connectivity index (χ4n) is 2.59. The minimum Gasteiger partial charge on any atom is -0.493 e. The molecule has 2 aromatic rings. The number of benzene rings is 1. The molecule has 2 heterocycles. The molecule has 1 aromatic heterocycles. The van der Waals surface area contributed by atoms with Crippen LogP contribution in [-0.4, -0.2) is 45.7 Å². The highest BCUT2D eigenvalue weighted by Crippen LogP contribution is 2.33. The number of ether oxygens (including phenoxy) is 2. The van der Waals surface area contributed by atoms with E-state index in [9.17, 15) is 9.59 Å². The van der Waals surface area contributed by atoms with Crippen LogP contribution in [0.25, 0.3) is 0 Å². The quantitative estimate of drug-likeness (QED) is 0.692. The average Bonchev–Trinajstić information content (AvgIpc) is 3.14. The first-order chi connectivity index (χ1) is 12.6. The molecule has 0 aliphatic carbocycles. The van der Waals surface area contributed by atoms with Gasteiger partial charge in [-0.1, -0.05) is 0 Å². The summed E-state index contributed by atoms with van der Waals surface area (Å²) in [5.41, 5.74) is 0.600. The van der Waals surface area contributed by atoms with Crippen LogP contribution in [0.3, 0.4) is 0 Å². The third-order valence-corrected chi connectivity index (χ3v) is 4.18. The lowest BCUT2D eigenvalue weighted by Crippen LogP contribution is -2.48. The maximum Gasteiger partial charge on any atom is 0.291 e. The Morgan fingerprint density at radius 3 is 2.50 bits per heavy atom. The van der Waals surface area contributed by atoms with Crippen molar-refractivity contribution in [3.63, 3.8) is 0 Å². The Balaban J connectivity index is 1.86. The van der Waals surface area contributed by atoms with Crippen molar-refractivity contribution in [2.75, 3.05) is 39.2 Å². The average molecular weight is 359 g/mol. The molecule has 3 rings (SSSR count). The topological polar surface area (TPSA) is 102 Å². The molecule has 0 radical (unpaired) electrons. The van der Waals surface area contributed by atoms with Crippen molar-refractivity contribution in [1.29, 1.82) is 0 Å². The second kappa shape index (κ2) is 7.92. The Kier molecular flexibility index (Phi) is 5.43. The van der Waals surface area contributed by atoms with Crippen LogP contribution in [0.15, 0.2) is 34.9 Å². The number of hydrogen-bond donors (Lipinski definition) is 3. The van der Waals surface area contributed by atoms with Crippen molar-refractivity contribution < 1.29 is 23.5 Å². The molecule has 0 saturated carbocycles. The predicted octanol–water partition coefficient (Wildman–Crippen LogP) is 1.50. The Hall–Kier alpha value is -3.00. The first-order valence-corrected chi connectivity index (χ1v) is 8.22. The number of methoxy groups -OCH3 is 2. The first kappa shape index (κ1) is 17.8. The minimum absolute atomic E-state index is 0.145. The second-order valence-electron chi connectivity index (χ2n) is 5.92. The van der Waals surface area contributed by atoms with Crippen LogP contribution >= 0.6 is 0 Å². The number of carbonyl (C=O) groups excluding carboxylic acids is 2. The first-order valence-electron chi connectivity index (χ1n) is 8.22. The summed E-state index contributed by atoms with van der Waals surface area (Å²) in [7, 11) is 2.97. The smallest absolute Gasteiger partial charge is 0.291 e. The van der Waals surface area contributed by atoms with Crippen LogP contribution in [0.1, 0.15) is 20.9 Å². The number of furan rings is 1. The molecule has 26 heavy (non-hydrogen) atoms. The summed E-state index contributed by atoms with van der Waals surface area (Å²) in [5.74, 6) is 0.611. The van der Waals surface area contributed by atoms with Gasteiger partial charge in [0, 0.05) is 31.6 Å². The second-order valence-corrected chi connectivity index (χ2v) is 5.92. The third kappa shape index (κ3) is 3.80. The number of nitrogens with one attached hydrogen (secondary N) is 3. The van der Waals surface area contributed by atoms with Crippen LogP contribution in [0.4, 0.5) is 5.69 Å². The van der Waals surface area contributed by atoms with Crippen molar-refractivity contribution >= 4 is 17.5 Å². The predicted molar refractivity (Wildman–Crippen MR) is 94.9 cm³/mol. The van der Waals surface area contributed by atoms with Gasteiger partial charge in [0.15, 0.2) is 17.3 Å². The molecule has 1 saturated heterocycles. The molecular weight excluding hydrogens is 338 g/mol. The van der Waals surface area contributed by atoms with Crippen LogP contribution in [0, 0.1) is 5.92 Å². The Morgan fingerprint density at radius 1 is 1.19 bits per heavy atom. The molecule has 0 atom stereocenters. The monoisotopic (exact) mass is 359 g/mol. The van der Waals surface area contributed by atoms with E-state index in [0.29, 0.717) is 29.6 Å². The van der Waals surface area contributed by atoms with Crippen LogP contribution in [-0.2, 0) is 0 Å².